The summed E-state index contributed by atoms with van der Waals surface area (Å²) in [6, 6.07) is 5.32. The van der Waals surface area contributed by atoms with Gasteiger partial charge in [-0.05, 0) is 12.1 Å². The second-order valence-corrected chi connectivity index (χ2v) is 2.91. The standard InChI is InChI=1S/C11H8O3/c12-5-1-2-8-3-4-9-7-14-11(13)10(9)6-8/h3-4,6,12H,5,7H2. The maximum absolute atomic E-state index is 11.2. The fourth-order valence-corrected chi connectivity index (χ4v) is 1.33. The highest BCUT2D eigenvalue weighted by molar-refractivity contribution is 5.93. The summed E-state index contributed by atoms with van der Waals surface area (Å²) in [5, 5.41) is 8.51. The number of aliphatic hydroxyl groups is 1. The molecule has 1 heterocycles. The summed E-state index contributed by atoms with van der Waals surface area (Å²) in [6.45, 7) is 0.170. The van der Waals surface area contributed by atoms with Crippen LogP contribution in [0.2, 0.25) is 0 Å². The third-order valence-electron chi connectivity index (χ3n) is 2.00. The van der Waals surface area contributed by atoms with Gasteiger partial charge in [-0.3, -0.25) is 0 Å². The van der Waals surface area contributed by atoms with Crippen molar-refractivity contribution >= 4 is 5.97 Å². The van der Waals surface area contributed by atoms with E-state index in [0.717, 1.165) is 11.1 Å². The van der Waals surface area contributed by atoms with Gasteiger partial charge in [0, 0.05) is 11.1 Å². The molecule has 0 amide bonds. The summed E-state index contributed by atoms with van der Waals surface area (Å²) >= 11 is 0. The molecule has 1 aromatic carbocycles. The molecular formula is C11H8O3. The van der Waals surface area contributed by atoms with Crippen LogP contribution in [0, 0.1) is 11.8 Å². The second-order valence-electron chi connectivity index (χ2n) is 2.91. The summed E-state index contributed by atoms with van der Waals surface area (Å²) in [6.07, 6.45) is 0. The highest BCUT2D eigenvalue weighted by Gasteiger charge is 2.20. The van der Waals surface area contributed by atoms with Gasteiger partial charge in [0.25, 0.3) is 0 Å². The zero-order chi connectivity index (χ0) is 9.97. The van der Waals surface area contributed by atoms with Gasteiger partial charge in [0.1, 0.15) is 13.2 Å². The molecular weight excluding hydrogens is 180 g/mol. The van der Waals surface area contributed by atoms with E-state index in [1.165, 1.54) is 0 Å². The fourth-order valence-electron chi connectivity index (χ4n) is 1.33. The number of carbonyl (C=O) groups excluding carboxylic acids is 1. The molecule has 0 fully saturated rings. The minimum absolute atomic E-state index is 0.179. The minimum Gasteiger partial charge on any atom is -0.457 e. The number of rotatable bonds is 0. The zero-order valence-corrected chi connectivity index (χ0v) is 7.41. The van der Waals surface area contributed by atoms with Crippen molar-refractivity contribution in [1.82, 2.24) is 0 Å². The van der Waals surface area contributed by atoms with Crippen LogP contribution < -0.4 is 0 Å². The van der Waals surface area contributed by atoms with E-state index in [-0.39, 0.29) is 12.6 Å². The lowest BCUT2D eigenvalue weighted by atomic mass is 10.1. The number of cyclic esters (lactones) is 1. The predicted octanol–water partition coefficient (Wildman–Crippen LogP) is 0.701. The van der Waals surface area contributed by atoms with Crippen LogP contribution in [0.1, 0.15) is 21.5 Å². The van der Waals surface area contributed by atoms with Crippen molar-refractivity contribution in [2.24, 2.45) is 0 Å². The Hall–Kier alpha value is -1.79. The van der Waals surface area contributed by atoms with Gasteiger partial charge in [-0.15, -0.1) is 0 Å². The Bertz CT molecular complexity index is 438. The summed E-state index contributed by atoms with van der Waals surface area (Å²) in [4.78, 5) is 11.2. The molecule has 1 aliphatic heterocycles. The Morgan fingerprint density at radius 3 is 3.14 bits per heavy atom. The van der Waals surface area contributed by atoms with Crippen LogP contribution in [0.25, 0.3) is 0 Å². The number of carbonyl (C=O) groups is 1. The smallest absolute Gasteiger partial charge is 0.338 e. The van der Waals surface area contributed by atoms with E-state index in [1.807, 2.05) is 12.1 Å². The molecule has 1 aromatic rings. The molecule has 0 saturated carbocycles. The van der Waals surface area contributed by atoms with Gasteiger partial charge in [-0.25, -0.2) is 4.79 Å². The first-order valence-electron chi connectivity index (χ1n) is 4.21. The fraction of sp³-hybridized carbons (Fsp3) is 0.182. The van der Waals surface area contributed by atoms with Gasteiger partial charge in [0.2, 0.25) is 0 Å². The van der Waals surface area contributed by atoms with Crippen molar-refractivity contribution in [3.8, 4) is 11.8 Å². The Morgan fingerprint density at radius 2 is 2.36 bits per heavy atom. The van der Waals surface area contributed by atoms with Gasteiger partial charge in [-0.2, -0.15) is 0 Å². The molecule has 70 valence electrons. The number of ether oxygens (including phenoxy) is 1. The molecule has 14 heavy (non-hydrogen) atoms. The molecule has 0 unspecified atom stereocenters. The summed E-state index contributed by atoms with van der Waals surface area (Å²) in [7, 11) is 0. The molecule has 0 aromatic heterocycles. The maximum Gasteiger partial charge on any atom is 0.338 e. The lowest BCUT2D eigenvalue weighted by molar-refractivity contribution is 0.0535. The van der Waals surface area contributed by atoms with Crippen molar-refractivity contribution < 1.29 is 14.6 Å². The lowest BCUT2D eigenvalue weighted by Gasteiger charge is -1.94. The van der Waals surface area contributed by atoms with Crippen LogP contribution in [-0.2, 0) is 11.3 Å². The molecule has 0 bridgehead atoms. The normalized spacial score (nSPS) is 12.8. The van der Waals surface area contributed by atoms with E-state index in [1.54, 1.807) is 6.07 Å². The topological polar surface area (TPSA) is 46.5 Å². The van der Waals surface area contributed by atoms with Crippen molar-refractivity contribution in [3.05, 3.63) is 34.9 Å². The third kappa shape index (κ3) is 1.48. The Labute approximate surface area is 81.3 Å². The molecule has 1 N–H and O–H groups in total. The number of aliphatic hydroxyl groups excluding tert-OH is 1. The van der Waals surface area contributed by atoms with Crippen molar-refractivity contribution in [3.63, 3.8) is 0 Å². The molecule has 0 saturated heterocycles. The first-order chi connectivity index (χ1) is 6.81. The lowest BCUT2D eigenvalue weighted by Crippen LogP contribution is -1.93. The predicted molar refractivity (Wildman–Crippen MR) is 49.5 cm³/mol. The van der Waals surface area contributed by atoms with Crippen LogP contribution in [0.5, 0.6) is 0 Å². The van der Waals surface area contributed by atoms with E-state index in [4.69, 9.17) is 9.84 Å². The van der Waals surface area contributed by atoms with Crippen LogP contribution in [-0.4, -0.2) is 17.7 Å². The van der Waals surface area contributed by atoms with E-state index >= 15 is 0 Å². The van der Waals surface area contributed by atoms with Gasteiger partial charge in [-0.1, -0.05) is 17.9 Å². The van der Waals surface area contributed by atoms with Crippen LogP contribution in [0.15, 0.2) is 18.2 Å². The number of hydrogen-bond donors (Lipinski definition) is 1. The Morgan fingerprint density at radius 1 is 1.50 bits per heavy atom. The van der Waals surface area contributed by atoms with Gasteiger partial charge in [0.15, 0.2) is 0 Å². The quantitative estimate of drug-likeness (QED) is 0.481. The van der Waals surface area contributed by atoms with E-state index in [2.05, 4.69) is 11.8 Å². The zero-order valence-electron chi connectivity index (χ0n) is 7.41. The van der Waals surface area contributed by atoms with Crippen LogP contribution in [0.3, 0.4) is 0 Å². The largest absolute Gasteiger partial charge is 0.457 e. The summed E-state index contributed by atoms with van der Waals surface area (Å²) in [5.41, 5.74) is 2.19. The highest BCUT2D eigenvalue weighted by atomic mass is 16.5. The Balaban J connectivity index is 2.39. The SMILES string of the molecule is O=C1OCc2ccc(C#CCO)cc21. The summed E-state index contributed by atoms with van der Waals surface area (Å²) in [5.74, 6) is 4.96. The first kappa shape index (κ1) is 8.79. The molecule has 3 nitrogen and oxygen atoms in total. The molecule has 2 rings (SSSR count). The summed E-state index contributed by atoms with van der Waals surface area (Å²) < 4.78 is 4.85. The maximum atomic E-state index is 11.2. The average molecular weight is 188 g/mol. The van der Waals surface area contributed by atoms with Crippen molar-refractivity contribution in [2.75, 3.05) is 6.61 Å². The highest BCUT2D eigenvalue weighted by Crippen LogP contribution is 2.20. The molecule has 1 aliphatic rings. The minimum atomic E-state index is -0.298. The molecule has 0 aliphatic carbocycles. The van der Waals surface area contributed by atoms with Crippen LogP contribution >= 0.6 is 0 Å². The van der Waals surface area contributed by atoms with Crippen molar-refractivity contribution in [2.45, 2.75) is 6.61 Å². The molecule has 3 heteroatoms. The molecule has 0 radical (unpaired) electrons. The monoisotopic (exact) mass is 188 g/mol. The van der Waals surface area contributed by atoms with E-state index in [9.17, 15) is 4.79 Å². The third-order valence-corrected chi connectivity index (χ3v) is 2.00. The average Bonchev–Trinajstić information content (AvgIpc) is 2.57. The number of hydrogen-bond acceptors (Lipinski definition) is 3. The van der Waals surface area contributed by atoms with E-state index in [0.29, 0.717) is 12.2 Å². The van der Waals surface area contributed by atoms with Crippen LogP contribution in [0.4, 0.5) is 0 Å². The first-order valence-corrected chi connectivity index (χ1v) is 4.21. The number of fused-ring (bicyclic) bond motifs is 1. The Kier molecular flexibility index (Phi) is 2.21. The number of benzene rings is 1. The van der Waals surface area contributed by atoms with Gasteiger partial charge >= 0.3 is 5.97 Å². The second kappa shape index (κ2) is 3.52. The molecule has 0 spiro atoms. The van der Waals surface area contributed by atoms with Gasteiger partial charge < -0.3 is 9.84 Å². The van der Waals surface area contributed by atoms with Crippen molar-refractivity contribution in [1.29, 1.82) is 0 Å². The van der Waals surface area contributed by atoms with E-state index < -0.39 is 0 Å². The molecule has 0 atom stereocenters. The van der Waals surface area contributed by atoms with Gasteiger partial charge in [0.05, 0.1) is 5.56 Å². The number of esters is 1.